The van der Waals surface area contributed by atoms with Crippen molar-refractivity contribution in [2.24, 2.45) is 5.92 Å². The van der Waals surface area contributed by atoms with E-state index in [1.165, 1.54) is 24.3 Å². The first-order chi connectivity index (χ1) is 9.02. The van der Waals surface area contributed by atoms with E-state index in [9.17, 15) is 14.9 Å². The third-order valence-electron chi connectivity index (χ3n) is 2.74. The molecule has 96 valence electrons. The average molecular weight is 276 g/mol. The van der Waals surface area contributed by atoms with Gasteiger partial charge in [0.15, 0.2) is 5.11 Å². The molecule has 1 amide bonds. The molecule has 0 spiro atoms. The molecule has 1 fully saturated rings. The second kappa shape index (κ2) is 4.99. The highest BCUT2D eigenvalue weighted by molar-refractivity contribution is 7.80. The maximum Gasteiger partial charge on any atom is 0.269 e. The van der Waals surface area contributed by atoms with Gasteiger partial charge in [0.05, 0.1) is 17.0 Å². The van der Waals surface area contributed by atoms with Gasteiger partial charge in [-0.3, -0.25) is 14.9 Å². The number of carbonyl (C=O) groups excluding carboxylic acids is 1. The summed E-state index contributed by atoms with van der Waals surface area (Å²) in [6.07, 6.45) is 0. The lowest BCUT2D eigenvalue weighted by molar-refractivity contribution is -0.384. The van der Waals surface area contributed by atoms with Crippen molar-refractivity contribution in [3.8, 4) is 6.07 Å². The summed E-state index contributed by atoms with van der Waals surface area (Å²) in [7, 11) is 0. The lowest BCUT2D eigenvalue weighted by atomic mass is 9.92. The Labute approximate surface area is 113 Å². The zero-order valence-electron chi connectivity index (χ0n) is 9.49. The number of nitrogens with one attached hydrogen (secondary N) is 2. The third-order valence-corrected chi connectivity index (χ3v) is 2.96. The van der Waals surface area contributed by atoms with Gasteiger partial charge in [-0.05, 0) is 17.8 Å². The predicted octanol–water partition coefficient (Wildman–Crippen LogP) is 0.780. The molecule has 1 heterocycles. The number of hydrogen-bond acceptors (Lipinski definition) is 5. The van der Waals surface area contributed by atoms with E-state index in [4.69, 9.17) is 17.5 Å². The maximum absolute atomic E-state index is 11.6. The molecule has 1 aliphatic rings. The van der Waals surface area contributed by atoms with Crippen LogP contribution in [0.2, 0.25) is 0 Å². The van der Waals surface area contributed by atoms with Gasteiger partial charge in [0.2, 0.25) is 5.91 Å². The van der Waals surface area contributed by atoms with Gasteiger partial charge in [0, 0.05) is 12.1 Å². The first kappa shape index (κ1) is 12.9. The zero-order chi connectivity index (χ0) is 14.0. The van der Waals surface area contributed by atoms with E-state index in [1.807, 2.05) is 6.07 Å². The molecule has 2 N–H and O–H groups in total. The van der Waals surface area contributed by atoms with Crippen molar-refractivity contribution in [3.63, 3.8) is 0 Å². The number of thiocarbonyl (C=S) groups is 1. The van der Waals surface area contributed by atoms with Gasteiger partial charge in [-0.15, -0.1) is 0 Å². The van der Waals surface area contributed by atoms with E-state index >= 15 is 0 Å². The molecule has 1 aromatic rings. The number of nitriles is 1. The Hall–Kier alpha value is -2.53. The minimum Gasteiger partial charge on any atom is -0.354 e. The Morgan fingerprint density at radius 3 is 2.53 bits per heavy atom. The SMILES string of the molecule is N#C[C@H]1C(=O)NC(=S)N[C@@H]1c1ccc([N+](=O)[O-])cc1. The Balaban J connectivity index is 2.33. The van der Waals surface area contributed by atoms with Crippen molar-refractivity contribution in [2.75, 3.05) is 0 Å². The van der Waals surface area contributed by atoms with Crippen LogP contribution in [0.1, 0.15) is 11.6 Å². The van der Waals surface area contributed by atoms with Crippen LogP contribution in [0, 0.1) is 27.4 Å². The lowest BCUT2D eigenvalue weighted by Gasteiger charge is -2.29. The molecule has 8 heteroatoms. The van der Waals surface area contributed by atoms with Crippen molar-refractivity contribution in [1.82, 2.24) is 10.6 Å². The van der Waals surface area contributed by atoms with Crippen LogP contribution in [0.5, 0.6) is 0 Å². The molecule has 0 unspecified atom stereocenters. The Bertz CT molecular complexity index is 593. The molecule has 2 atom stereocenters. The quantitative estimate of drug-likeness (QED) is 0.469. The standard InChI is InChI=1S/C11H8N4O3S/c12-5-8-9(13-11(19)14-10(8)16)6-1-3-7(4-2-6)15(17)18/h1-4,8-9H,(H2,13,14,16,19)/t8-,9-/m1/s1. The van der Waals surface area contributed by atoms with E-state index < -0.39 is 22.8 Å². The topological polar surface area (TPSA) is 108 Å². The van der Waals surface area contributed by atoms with Crippen LogP contribution in [-0.2, 0) is 4.79 Å². The fraction of sp³-hybridized carbons (Fsp3) is 0.182. The highest BCUT2D eigenvalue weighted by atomic mass is 32.1. The number of nitro groups is 1. The van der Waals surface area contributed by atoms with Gasteiger partial charge in [-0.2, -0.15) is 5.26 Å². The molecule has 0 aliphatic carbocycles. The number of carbonyl (C=O) groups is 1. The van der Waals surface area contributed by atoms with E-state index in [0.717, 1.165) is 0 Å². The fourth-order valence-corrected chi connectivity index (χ4v) is 2.04. The number of rotatable bonds is 2. The first-order valence-electron chi connectivity index (χ1n) is 5.28. The van der Waals surface area contributed by atoms with E-state index in [2.05, 4.69) is 10.6 Å². The summed E-state index contributed by atoms with van der Waals surface area (Å²) in [6, 6.07) is 6.93. The van der Waals surface area contributed by atoms with Crippen molar-refractivity contribution in [2.45, 2.75) is 6.04 Å². The predicted molar refractivity (Wildman–Crippen MR) is 68.8 cm³/mol. The van der Waals surface area contributed by atoms with Gasteiger partial charge >= 0.3 is 0 Å². The molecule has 0 aromatic heterocycles. The summed E-state index contributed by atoms with van der Waals surface area (Å²) in [5.74, 6) is -1.41. The average Bonchev–Trinajstić information content (AvgIpc) is 2.38. The van der Waals surface area contributed by atoms with Crippen LogP contribution in [-0.4, -0.2) is 15.9 Å². The third kappa shape index (κ3) is 2.51. The monoisotopic (exact) mass is 276 g/mol. The smallest absolute Gasteiger partial charge is 0.269 e. The minimum atomic E-state index is -0.937. The Morgan fingerprint density at radius 2 is 2.00 bits per heavy atom. The van der Waals surface area contributed by atoms with Crippen LogP contribution in [0.3, 0.4) is 0 Å². The van der Waals surface area contributed by atoms with Crippen molar-refractivity contribution < 1.29 is 9.72 Å². The molecule has 1 aromatic carbocycles. The van der Waals surface area contributed by atoms with Gasteiger partial charge in [-0.25, -0.2) is 0 Å². The number of nitro benzene ring substituents is 1. The van der Waals surface area contributed by atoms with Crippen molar-refractivity contribution >= 4 is 28.9 Å². The number of nitrogens with zero attached hydrogens (tertiary/aromatic N) is 2. The van der Waals surface area contributed by atoms with E-state index in [1.54, 1.807) is 0 Å². The molecule has 1 aliphatic heterocycles. The van der Waals surface area contributed by atoms with Gasteiger partial charge in [0.25, 0.3) is 5.69 Å². The summed E-state index contributed by atoms with van der Waals surface area (Å²) in [6.45, 7) is 0. The van der Waals surface area contributed by atoms with E-state index in [0.29, 0.717) is 5.56 Å². The molecule has 7 nitrogen and oxygen atoms in total. The van der Waals surface area contributed by atoms with Crippen LogP contribution in [0.4, 0.5) is 5.69 Å². The second-order valence-electron chi connectivity index (χ2n) is 3.90. The largest absolute Gasteiger partial charge is 0.354 e. The minimum absolute atomic E-state index is 0.0555. The normalized spacial score (nSPS) is 22.1. The highest BCUT2D eigenvalue weighted by Crippen LogP contribution is 2.26. The zero-order valence-corrected chi connectivity index (χ0v) is 10.3. The molecule has 1 saturated heterocycles. The molecular weight excluding hydrogens is 268 g/mol. The van der Waals surface area contributed by atoms with Crippen LogP contribution < -0.4 is 10.6 Å². The summed E-state index contributed by atoms with van der Waals surface area (Å²) in [4.78, 5) is 21.7. The first-order valence-corrected chi connectivity index (χ1v) is 5.69. The molecule has 0 radical (unpaired) electrons. The van der Waals surface area contributed by atoms with E-state index in [-0.39, 0.29) is 10.8 Å². The van der Waals surface area contributed by atoms with Crippen molar-refractivity contribution in [1.29, 1.82) is 5.26 Å². The molecule has 19 heavy (non-hydrogen) atoms. The molecule has 0 bridgehead atoms. The number of non-ortho nitro benzene ring substituents is 1. The van der Waals surface area contributed by atoms with Gasteiger partial charge in [-0.1, -0.05) is 12.1 Å². The number of amides is 1. The summed E-state index contributed by atoms with van der Waals surface area (Å²) in [5.41, 5.74) is 0.537. The Kier molecular flexibility index (Phi) is 3.39. The fourth-order valence-electron chi connectivity index (χ4n) is 1.81. The van der Waals surface area contributed by atoms with Crippen LogP contribution >= 0.6 is 12.2 Å². The second-order valence-corrected chi connectivity index (χ2v) is 4.30. The summed E-state index contributed by atoms with van der Waals surface area (Å²) in [5, 5.41) is 24.9. The van der Waals surface area contributed by atoms with Gasteiger partial charge in [0.1, 0.15) is 5.92 Å². The highest BCUT2D eigenvalue weighted by Gasteiger charge is 2.35. The molecule has 2 rings (SSSR count). The molecule has 0 saturated carbocycles. The maximum atomic E-state index is 11.6. The lowest BCUT2D eigenvalue weighted by Crippen LogP contribution is -2.53. The van der Waals surface area contributed by atoms with Crippen LogP contribution in [0.25, 0.3) is 0 Å². The van der Waals surface area contributed by atoms with Crippen molar-refractivity contribution in [3.05, 3.63) is 39.9 Å². The summed E-state index contributed by atoms with van der Waals surface area (Å²) < 4.78 is 0. The number of hydrogen-bond donors (Lipinski definition) is 2. The van der Waals surface area contributed by atoms with Crippen LogP contribution in [0.15, 0.2) is 24.3 Å². The Morgan fingerprint density at radius 1 is 1.37 bits per heavy atom. The summed E-state index contributed by atoms with van der Waals surface area (Å²) >= 11 is 4.87. The molecular formula is C11H8N4O3S. The van der Waals surface area contributed by atoms with Gasteiger partial charge < -0.3 is 10.6 Å². The number of benzene rings is 1.